The highest BCUT2D eigenvalue weighted by atomic mass is 19.2. The van der Waals surface area contributed by atoms with Crippen molar-refractivity contribution >= 4 is 5.97 Å². The highest BCUT2D eigenvalue weighted by Gasteiger charge is 2.34. The average Bonchev–Trinajstić information content (AvgIpc) is 3.36. The van der Waals surface area contributed by atoms with Crippen molar-refractivity contribution in [1.82, 2.24) is 0 Å². The van der Waals surface area contributed by atoms with Gasteiger partial charge in [-0.1, -0.05) is 109 Å². The number of carbonyl (C=O) groups is 1. The van der Waals surface area contributed by atoms with Crippen LogP contribution in [0.3, 0.4) is 0 Å². The summed E-state index contributed by atoms with van der Waals surface area (Å²) in [5.41, 5.74) is 4.56. The van der Waals surface area contributed by atoms with E-state index in [9.17, 15) is 31.1 Å². The molecular formula is C59H73F6NO2. The molecule has 8 rings (SSSR count). The Morgan fingerprint density at radius 1 is 0.500 bits per heavy atom. The molecule has 0 spiro atoms. The Morgan fingerprint density at radius 3 is 1.26 bits per heavy atom. The van der Waals surface area contributed by atoms with E-state index in [1.54, 1.807) is 0 Å². The van der Waals surface area contributed by atoms with Crippen LogP contribution >= 0.6 is 0 Å². The number of nitriles is 1. The summed E-state index contributed by atoms with van der Waals surface area (Å²) in [5.74, 6) is -3.45. The van der Waals surface area contributed by atoms with Crippen LogP contribution in [0.2, 0.25) is 0 Å². The van der Waals surface area contributed by atoms with Crippen LogP contribution in [0.4, 0.5) is 26.3 Å². The van der Waals surface area contributed by atoms with Gasteiger partial charge in [-0.25, -0.2) is 26.3 Å². The number of hydrogen-bond donors (Lipinski definition) is 0. The standard InChI is InChI=1S/C22H29F3O2.C21H23F3.C16H21N/c1-2-3-14-4-6-15(7-5-14)16-8-10-17(11-9-16)22(26)27-18-12-19(23)21(25)20(24)13-18;1-2-3-14-4-6-15(7-5-14)16-8-10-17(11-9-16)18-12-19(22)21(24)20(23)13-18;1-2-3-13-4-8-15(9-5-13)16-10-6-14(12-17)7-11-16/h12-17H,2-11H2,1H3;8-15H,2-7H2,1H3;6-7,10-11,13,15H,2-5,8-9H2,1H3. The van der Waals surface area contributed by atoms with Gasteiger partial charge in [-0.3, -0.25) is 4.79 Å². The molecule has 3 nitrogen and oxygen atoms in total. The fraction of sp³-hybridized carbons (Fsp3) is 0.559. The zero-order valence-electron chi connectivity index (χ0n) is 40.6. The highest BCUT2D eigenvalue weighted by molar-refractivity contribution is 5.75. The number of hydrogen-bond acceptors (Lipinski definition) is 3. The third-order valence-corrected chi connectivity index (χ3v) is 15.8. The molecule has 4 fully saturated rings. The zero-order valence-corrected chi connectivity index (χ0v) is 40.6. The molecule has 0 amide bonds. The van der Waals surface area contributed by atoms with Gasteiger partial charge < -0.3 is 4.74 Å². The van der Waals surface area contributed by atoms with Crippen molar-refractivity contribution in [1.29, 1.82) is 5.26 Å². The van der Waals surface area contributed by atoms with Crippen molar-refractivity contribution in [2.45, 2.75) is 174 Å². The molecule has 9 heteroatoms. The summed E-state index contributed by atoms with van der Waals surface area (Å²) in [6, 6.07) is 21.7. The van der Waals surface area contributed by atoms with E-state index in [-0.39, 0.29) is 11.7 Å². The molecule has 368 valence electrons. The van der Waals surface area contributed by atoms with E-state index in [1.807, 2.05) is 36.4 Å². The topological polar surface area (TPSA) is 50.1 Å². The van der Waals surface area contributed by atoms with E-state index in [4.69, 9.17) is 10.00 Å². The Kier molecular flexibility index (Phi) is 20.5. The first kappa shape index (κ1) is 52.8. The molecule has 0 N–H and O–H groups in total. The second kappa shape index (κ2) is 26.4. The van der Waals surface area contributed by atoms with Gasteiger partial charge in [0.25, 0.3) is 0 Å². The maximum Gasteiger partial charge on any atom is 0.314 e. The predicted octanol–water partition coefficient (Wildman–Crippen LogP) is 17.9. The predicted molar refractivity (Wildman–Crippen MR) is 260 cm³/mol. The molecule has 0 bridgehead atoms. The van der Waals surface area contributed by atoms with Gasteiger partial charge in [0, 0.05) is 12.1 Å². The SMILES string of the molecule is CCCC1CCC(C2CCC(C(=O)Oc3cc(F)c(F)c(F)c3)CC2)CC1.CCCC1CCC(c2ccc(-c3cc(F)c(F)c(F)c3)cc2)CC1.CCCC1CCC(c2ccc(C#N)cc2)CC1. The normalized spacial score (nSPS) is 24.9. The second-order valence-electron chi connectivity index (χ2n) is 20.4. The highest BCUT2D eigenvalue weighted by Crippen LogP contribution is 2.43. The van der Waals surface area contributed by atoms with Crippen LogP contribution in [0.5, 0.6) is 5.75 Å². The van der Waals surface area contributed by atoms with Crippen LogP contribution in [-0.2, 0) is 4.79 Å². The second-order valence-corrected chi connectivity index (χ2v) is 20.4. The number of carbonyl (C=O) groups excluding carboxylic acids is 1. The minimum Gasteiger partial charge on any atom is -0.426 e. The van der Waals surface area contributed by atoms with Gasteiger partial charge in [0.15, 0.2) is 34.9 Å². The Morgan fingerprint density at radius 2 is 0.868 bits per heavy atom. The minimum atomic E-state index is -1.55. The maximum absolute atomic E-state index is 13.4. The lowest BCUT2D eigenvalue weighted by Crippen LogP contribution is -2.30. The quantitative estimate of drug-likeness (QED) is 0.0615. The van der Waals surface area contributed by atoms with Crippen LogP contribution < -0.4 is 4.74 Å². The molecule has 0 unspecified atom stereocenters. The number of halogens is 6. The monoisotopic (exact) mass is 942 g/mol. The summed E-state index contributed by atoms with van der Waals surface area (Å²) in [5, 5.41) is 8.78. The molecule has 0 aromatic heterocycles. The zero-order chi connectivity index (χ0) is 48.6. The van der Waals surface area contributed by atoms with Crippen molar-refractivity contribution in [2.24, 2.45) is 35.5 Å². The van der Waals surface area contributed by atoms with Crippen molar-refractivity contribution in [3.8, 4) is 22.9 Å². The lowest BCUT2D eigenvalue weighted by Gasteiger charge is -2.37. The molecule has 0 heterocycles. The first-order valence-corrected chi connectivity index (χ1v) is 26.0. The average molecular weight is 942 g/mol. The van der Waals surface area contributed by atoms with Gasteiger partial charge in [0.2, 0.25) is 0 Å². The Bertz CT molecular complexity index is 2160. The number of nitrogens with zero attached hydrogens (tertiary/aromatic N) is 1. The summed E-state index contributed by atoms with van der Waals surface area (Å²) in [6.07, 6.45) is 27.2. The van der Waals surface area contributed by atoms with E-state index in [1.165, 1.54) is 127 Å². The summed E-state index contributed by atoms with van der Waals surface area (Å²) in [6.45, 7) is 6.78. The molecule has 0 saturated heterocycles. The van der Waals surface area contributed by atoms with E-state index >= 15 is 0 Å². The van der Waals surface area contributed by atoms with Crippen LogP contribution in [-0.4, -0.2) is 5.97 Å². The molecule has 0 atom stereocenters. The smallest absolute Gasteiger partial charge is 0.314 e. The van der Waals surface area contributed by atoms with Crippen molar-refractivity contribution in [3.05, 3.63) is 124 Å². The van der Waals surface area contributed by atoms with E-state index < -0.39 is 40.9 Å². The molecule has 4 saturated carbocycles. The molecular weight excluding hydrogens is 869 g/mol. The first-order chi connectivity index (χ1) is 32.9. The largest absolute Gasteiger partial charge is 0.426 e. The molecule has 68 heavy (non-hydrogen) atoms. The van der Waals surface area contributed by atoms with E-state index in [2.05, 4.69) is 39.0 Å². The van der Waals surface area contributed by atoms with Gasteiger partial charge in [-0.05, 0) is 178 Å². The minimum absolute atomic E-state index is 0.242. The van der Waals surface area contributed by atoms with Gasteiger partial charge in [0.1, 0.15) is 5.75 Å². The van der Waals surface area contributed by atoms with Gasteiger partial charge in [-0.15, -0.1) is 0 Å². The molecule has 4 aliphatic rings. The third-order valence-electron chi connectivity index (χ3n) is 15.8. The van der Waals surface area contributed by atoms with Crippen LogP contribution in [0, 0.1) is 81.7 Å². The van der Waals surface area contributed by atoms with Gasteiger partial charge in [0.05, 0.1) is 17.6 Å². The maximum atomic E-state index is 13.4. The summed E-state index contributed by atoms with van der Waals surface area (Å²) >= 11 is 0. The fourth-order valence-corrected chi connectivity index (χ4v) is 11.9. The Balaban J connectivity index is 0.000000172. The molecule has 4 aliphatic carbocycles. The first-order valence-electron chi connectivity index (χ1n) is 26.0. The molecule has 4 aromatic carbocycles. The van der Waals surface area contributed by atoms with Gasteiger partial charge >= 0.3 is 5.97 Å². The third kappa shape index (κ3) is 15.0. The van der Waals surface area contributed by atoms with Crippen molar-refractivity contribution < 1.29 is 35.9 Å². The Labute approximate surface area is 402 Å². The van der Waals surface area contributed by atoms with Gasteiger partial charge in [-0.2, -0.15) is 5.26 Å². The number of esters is 1. The summed E-state index contributed by atoms with van der Waals surface area (Å²) in [4.78, 5) is 12.3. The molecule has 4 aromatic rings. The Hall–Kier alpha value is -4.58. The van der Waals surface area contributed by atoms with Crippen molar-refractivity contribution in [2.75, 3.05) is 0 Å². The summed E-state index contributed by atoms with van der Waals surface area (Å²) < 4.78 is 84.5. The van der Waals surface area contributed by atoms with Crippen LogP contribution in [0.1, 0.15) is 191 Å². The van der Waals surface area contributed by atoms with Crippen molar-refractivity contribution in [3.63, 3.8) is 0 Å². The number of ether oxygens (including phenoxy) is 1. The van der Waals surface area contributed by atoms with E-state index in [0.29, 0.717) is 23.0 Å². The lowest BCUT2D eigenvalue weighted by molar-refractivity contribution is -0.140. The molecule has 0 aliphatic heterocycles. The number of benzene rings is 4. The molecule has 0 radical (unpaired) electrons. The fourth-order valence-electron chi connectivity index (χ4n) is 11.9. The lowest BCUT2D eigenvalue weighted by atomic mass is 9.69. The van der Waals surface area contributed by atoms with Crippen LogP contribution in [0.15, 0.2) is 72.8 Å². The summed E-state index contributed by atoms with van der Waals surface area (Å²) in [7, 11) is 0. The van der Waals surface area contributed by atoms with E-state index in [0.717, 1.165) is 85.1 Å². The van der Waals surface area contributed by atoms with Crippen LogP contribution in [0.25, 0.3) is 11.1 Å². The number of rotatable bonds is 12.